The van der Waals surface area contributed by atoms with Crippen LogP contribution in [0, 0.1) is 0 Å². The van der Waals surface area contributed by atoms with Gasteiger partial charge in [0.1, 0.15) is 0 Å². The van der Waals surface area contributed by atoms with E-state index in [0.29, 0.717) is 12.8 Å². The second kappa shape index (κ2) is 7.49. The molecule has 130 valence electrons. The van der Waals surface area contributed by atoms with E-state index in [1.54, 1.807) is 0 Å². The van der Waals surface area contributed by atoms with E-state index in [1.165, 1.54) is 0 Å². The van der Waals surface area contributed by atoms with Crippen molar-refractivity contribution < 1.29 is 9.59 Å². The van der Waals surface area contributed by atoms with Crippen molar-refractivity contribution in [2.45, 2.75) is 37.8 Å². The van der Waals surface area contributed by atoms with E-state index in [0.717, 1.165) is 17.8 Å². The normalized spacial score (nSPS) is 22.8. The summed E-state index contributed by atoms with van der Waals surface area (Å²) in [7, 11) is 0. The lowest BCUT2D eigenvalue weighted by Gasteiger charge is -2.37. The van der Waals surface area contributed by atoms with Gasteiger partial charge in [-0.25, -0.2) is 0 Å². The average Bonchev–Trinajstić information content (AvgIpc) is 2.63. The van der Waals surface area contributed by atoms with Gasteiger partial charge in [0.15, 0.2) is 0 Å². The van der Waals surface area contributed by atoms with Crippen LogP contribution in [-0.2, 0) is 9.59 Å². The number of rotatable bonds is 4. The van der Waals surface area contributed by atoms with Gasteiger partial charge in [-0.05, 0) is 50.5 Å². The van der Waals surface area contributed by atoms with Crippen LogP contribution in [0.5, 0.6) is 0 Å². The molecule has 0 radical (unpaired) electrons. The van der Waals surface area contributed by atoms with E-state index >= 15 is 0 Å². The van der Waals surface area contributed by atoms with Gasteiger partial charge in [-0.3, -0.25) is 14.9 Å². The van der Waals surface area contributed by atoms with E-state index in [1.807, 2.05) is 67.6 Å². The summed E-state index contributed by atoms with van der Waals surface area (Å²) < 4.78 is 0. The van der Waals surface area contributed by atoms with Crippen molar-refractivity contribution in [2.75, 3.05) is 10.6 Å². The van der Waals surface area contributed by atoms with Crippen molar-refractivity contribution in [3.63, 3.8) is 0 Å². The van der Waals surface area contributed by atoms with Crippen molar-refractivity contribution >= 4 is 23.2 Å². The molecule has 5 heteroatoms. The molecule has 5 nitrogen and oxygen atoms in total. The van der Waals surface area contributed by atoms with E-state index in [-0.39, 0.29) is 17.9 Å². The number of nitrogens with one attached hydrogen (secondary N) is 3. The molecule has 0 bridgehead atoms. The van der Waals surface area contributed by atoms with E-state index in [4.69, 9.17) is 0 Å². The third-order valence-electron chi connectivity index (χ3n) is 4.55. The first-order valence-corrected chi connectivity index (χ1v) is 8.57. The molecule has 1 fully saturated rings. The molecule has 2 unspecified atom stereocenters. The van der Waals surface area contributed by atoms with Crippen molar-refractivity contribution in [2.24, 2.45) is 0 Å². The minimum atomic E-state index is -0.771. The number of carbonyl (C=O) groups is 2. The third-order valence-corrected chi connectivity index (χ3v) is 4.55. The van der Waals surface area contributed by atoms with Gasteiger partial charge in [0.25, 0.3) is 0 Å². The Balaban J connectivity index is 1.65. The summed E-state index contributed by atoms with van der Waals surface area (Å²) in [6.07, 6.45) is 2.23. The smallest absolute Gasteiger partial charge is 0.244 e. The minimum absolute atomic E-state index is 0.107. The first kappa shape index (κ1) is 17.2. The van der Waals surface area contributed by atoms with Crippen LogP contribution in [0.4, 0.5) is 11.4 Å². The fourth-order valence-electron chi connectivity index (χ4n) is 3.11. The molecule has 3 N–H and O–H groups in total. The Morgan fingerprint density at radius 2 is 1.52 bits per heavy atom. The summed E-state index contributed by atoms with van der Waals surface area (Å²) in [6.45, 7) is 1.85. The molecular formula is C20H23N3O2. The van der Waals surface area contributed by atoms with Crippen LogP contribution in [0.1, 0.15) is 26.2 Å². The Morgan fingerprint density at radius 1 is 0.960 bits per heavy atom. The van der Waals surface area contributed by atoms with Gasteiger partial charge in [0.2, 0.25) is 11.8 Å². The maximum Gasteiger partial charge on any atom is 0.244 e. The minimum Gasteiger partial charge on any atom is -0.325 e. The molecule has 0 saturated carbocycles. The van der Waals surface area contributed by atoms with Gasteiger partial charge in [-0.1, -0.05) is 36.4 Å². The van der Waals surface area contributed by atoms with Crippen LogP contribution in [0.25, 0.3) is 0 Å². The van der Waals surface area contributed by atoms with Crippen LogP contribution in [-0.4, -0.2) is 23.4 Å². The molecule has 1 saturated heterocycles. The second-order valence-electron chi connectivity index (χ2n) is 6.60. The van der Waals surface area contributed by atoms with Crippen molar-refractivity contribution in [3.8, 4) is 0 Å². The summed E-state index contributed by atoms with van der Waals surface area (Å²) in [5.41, 5.74) is 0.744. The summed E-state index contributed by atoms with van der Waals surface area (Å²) in [4.78, 5) is 25.2. The lowest BCUT2D eigenvalue weighted by molar-refractivity contribution is -0.125. The number of piperidine rings is 1. The Bertz CT molecular complexity index is 733. The lowest BCUT2D eigenvalue weighted by Crippen LogP contribution is -2.61. The topological polar surface area (TPSA) is 70.2 Å². The highest BCUT2D eigenvalue weighted by molar-refractivity contribution is 6.00. The molecule has 2 atom stereocenters. The number of hydrogen-bond acceptors (Lipinski definition) is 3. The SMILES string of the molecule is CC1(C(=O)Nc2ccccc2)CCCC(C(=O)Nc2ccccc2)N1. The van der Waals surface area contributed by atoms with Gasteiger partial charge in [-0.2, -0.15) is 0 Å². The van der Waals surface area contributed by atoms with Crippen LogP contribution in [0.15, 0.2) is 60.7 Å². The highest BCUT2D eigenvalue weighted by Crippen LogP contribution is 2.25. The monoisotopic (exact) mass is 337 g/mol. The number of para-hydroxylation sites is 2. The van der Waals surface area contributed by atoms with Crippen molar-refractivity contribution in [3.05, 3.63) is 60.7 Å². The summed E-state index contributed by atoms with van der Waals surface area (Å²) >= 11 is 0. The molecule has 25 heavy (non-hydrogen) atoms. The fraction of sp³-hybridized carbons (Fsp3) is 0.300. The molecule has 0 spiro atoms. The predicted octanol–water partition coefficient (Wildman–Crippen LogP) is 3.16. The largest absolute Gasteiger partial charge is 0.325 e. The van der Waals surface area contributed by atoms with Crippen LogP contribution < -0.4 is 16.0 Å². The quantitative estimate of drug-likeness (QED) is 0.802. The summed E-state index contributed by atoms with van der Waals surface area (Å²) in [6, 6.07) is 18.3. The predicted molar refractivity (Wildman–Crippen MR) is 99.3 cm³/mol. The Hall–Kier alpha value is -2.66. The molecule has 2 aromatic rings. The molecule has 0 aliphatic carbocycles. The van der Waals surface area contributed by atoms with Crippen LogP contribution >= 0.6 is 0 Å². The summed E-state index contributed by atoms with van der Waals surface area (Å²) in [5, 5.41) is 9.08. The molecule has 2 amide bonds. The first-order valence-electron chi connectivity index (χ1n) is 8.57. The first-order chi connectivity index (χ1) is 12.1. The van der Waals surface area contributed by atoms with Gasteiger partial charge >= 0.3 is 0 Å². The molecule has 2 aromatic carbocycles. The maximum atomic E-state index is 12.7. The van der Waals surface area contributed by atoms with Gasteiger partial charge in [-0.15, -0.1) is 0 Å². The zero-order chi connectivity index (χ0) is 17.7. The van der Waals surface area contributed by atoms with Crippen molar-refractivity contribution in [1.82, 2.24) is 5.32 Å². The number of anilines is 2. The van der Waals surface area contributed by atoms with Gasteiger partial charge in [0, 0.05) is 11.4 Å². The number of carbonyl (C=O) groups excluding carboxylic acids is 2. The highest BCUT2D eigenvalue weighted by Gasteiger charge is 2.40. The lowest BCUT2D eigenvalue weighted by atomic mass is 9.86. The van der Waals surface area contributed by atoms with Gasteiger partial charge < -0.3 is 10.6 Å². The molecule has 1 heterocycles. The number of amides is 2. The van der Waals surface area contributed by atoms with E-state index in [9.17, 15) is 9.59 Å². The molecular weight excluding hydrogens is 314 g/mol. The highest BCUT2D eigenvalue weighted by atomic mass is 16.2. The number of hydrogen-bond donors (Lipinski definition) is 3. The number of benzene rings is 2. The fourth-order valence-corrected chi connectivity index (χ4v) is 3.11. The molecule has 3 rings (SSSR count). The summed E-state index contributed by atoms with van der Waals surface area (Å²) in [5.74, 6) is -0.222. The average molecular weight is 337 g/mol. The van der Waals surface area contributed by atoms with E-state index in [2.05, 4.69) is 16.0 Å². The Labute approximate surface area is 147 Å². The second-order valence-corrected chi connectivity index (χ2v) is 6.60. The Kier molecular flexibility index (Phi) is 5.14. The zero-order valence-corrected chi connectivity index (χ0v) is 14.3. The zero-order valence-electron chi connectivity index (χ0n) is 14.3. The molecule has 1 aliphatic heterocycles. The molecule has 0 aromatic heterocycles. The van der Waals surface area contributed by atoms with Crippen LogP contribution in [0.3, 0.4) is 0 Å². The standard InChI is InChI=1S/C20H23N3O2/c1-20(19(25)22-16-11-6-3-7-12-16)14-8-13-17(23-20)18(24)21-15-9-4-2-5-10-15/h2-7,9-12,17,23H,8,13-14H2,1H3,(H,21,24)(H,22,25). The maximum absolute atomic E-state index is 12.7. The van der Waals surface area contributed by atoms with Crippen molar-refractivity contribution in [1.29, 1.82) is 0 Å². The van der Waals surface area contributed by atoms with Gasteiger partial charge in [0.05, 0.1) is 11.6 Å². The third kappa shape index (κ3) is 4.25. The van der Waals surface area contributed by atoms with Crippen LogP contribution in [0.2, 0.25) is 0 Å². The van der Waals surface area contributed by atoms with E-state index < -0.39 is 5.54 Å². The Morgan fingerprint density at radius 3 is 2.12 bits per heavy atom. The molecule has 1 aliphatic rings.